The van der Waals surface area contributed by atoms with Crippen LogP contribution in [0.25, 0.3) is 11.1 Å². The number of benzene rings is 2. The molecule has 0 radical (unpaired) electrons. The Labute approximate surface area is 116 Å². The van der Waals surface area contributed by atoms with Crippen molar-refractivity contribution in [3.05, 3.63) is 57.8 Å². The normalized spacial score (nSPS) is 11.0. The fourth-order valence-corrected chi connectivity index (χ4v) is 2.24. The van der Waals surface area contributed by atoms with Gasteiger partial charge in [0.25, 0.3) is 0 Å². The van der Waals surface area contributed by atoms with Crippen LogP contribution in [0.1, 0.15) is 25.3 Å². The van der Waals surface area contributed by atoms with Crippen molar-refractivity contribution in [1.29, 1.82) is 0 Å². The minimum absolute atomic E-state index is 0.131. The molecule has 0 saturated carbocycles. The van der Waals surface area contributed by atoms with Gasteiger partial charge in [0.2, 0.25) is 0 Å². The molecule has 0 atom stereocenters. The van der Waals surface area contributed by atoms with Gasteiger partial charge in [-0.2, -0.15) is 0 Å². The summed E-state index contributed by atoms with van der Waals surface area (Å²) in [6.07, 6.45) is 0. The maximum absolute atomic E-state index is 13.5. The molecule has 0 amide bonds. The van der Waals surface area contributed by atoms with Crippen molar-refractivity contribution in [3.8, 4) is 11.1 Å². The van der Waals surface area contributed by atoms with Crippen LogP contribution >= 0.6 is 23.2 Å². The molecule has 0 aromatic heterocycles. The van der Waals surface area contributed by atoms with E-state index in [1.165, 1.54) is 6.07 Å². The Morgan fingerprint density at radius 3 is 2.33 bits per heavy atom. The molecule has 2 rings (SSSR count). The first kappa shape index (κ1) is 13.4. The minimum atomic E-state index is -0.413. The van der Waals surface area contributed by atoms with E-state index in [0.29, 0.717) is 10.9 Å². The van der Waals surface area contributed by atoms with Crippen molar-refractivity contribution in [2.45, 2.75) is 19.8 Å². The van der Waals surface area contributed by atoms with E-state index in [0.717, 1.165) is 16.7 Å². The highest BCUT2D eigenvalue weighted by atomic mass is 35.5. The van der Waals surface area contributed by atoms with Crippen molar-refractivity contribution >= 4 is 23.2 Å². The molecular formula is C15H13Cl2F. The lowest BCUT2D eigenvalue weighted by Crippen LogP contribution is -1.93. The fourth-order valence-electron chi connectivity index (χ4n) is 1.95. The molecule has 0 saturated heterocycles. The maximum atomic E-state index is 13.5. The number of rotatable bonds is 2. The van der Waals surface area contributed by atoms with Crippen molar-refractivity contribution < 1.29 is 4.39 Å². The van der Waals surface area contributed by atoms with Gasteiger partial charge in [-0.3, -0.25) is 0 Å². The molecule has 0 N–H and O–H groups in total. The van der Waals surface area contributed by atoms with E-state index in [4.69, 9.17) is 23.2 Å². The smallest absolute Gasteiger partial charge is 0.142 e. The average molecular weight is 283 g/mol. The molecule has 0 aliphatic heterocycles. The third kappa shape index (κ3) is 2.68. The van der Waals surface area contributed by atoms with Crippen molar-refractivity contribution in [1.82, 2.24) is 0 Å². The van der Waals surface area contributed by atoms with Crippen LogP contribution in [0.15, 0.2) is 36.4 Å². The maximum Gasteiger partial charge on any atom is 0.142 e. The standard InChI is InChI=1S/C15H13Cl2F/c1-9(2)12-5-4-11(16)8-13(12)10-3-6-14(17)15(18)7-10/h3-9H,1-2H3. The van der Waals surface area contributed by atoms with Crippen LogP contribution < -0.4 is 0 Å². The predicted molar refractivity (Wildman–Crippen MR) is 75.9 cm³/mol. The molecule has 0 heterocycles. The zero-order chi connectivity index (χ0) is 13.3. The number of hydrogen-bond acceptors (Lipinski definition) is 0. The number of halogens is 3. The summed E-state index contributed by atoms with van der Waals surface area (Å²) >= 11 is 11.7. The summed E-state index contributed by atoms with van der Waals surface area (Å²) in [5, 5.41) is 0.775. The summed E-state index contributed by atoms with van der Waals surface area (Å²) in [4.78, 5) is 0. The Hall–Kier alpha value is -1.05. The van der Waals surface area contributed by atoms with Crippen molar-refractivity contribution in [2.24, 2.45) is 0 Å². The summed E-state index contributed by atoms with van der Waals surface area (Å²) in [5.41, 5.74) is 2.89. The first-order chi connectivity index (χ1) is 8.49. The lowest BCUT2D eigenvalue weighted by Gasteiger charge is -2.13. The van der Waals surface area contributed by atoms with Gasteiger partial charge >= 0.3 is 0 Å². The van der Waals surface area contributed by atoms with Crippen LogP contribution in [0.3, 0.4) is 0 Å². The lowest BCUT2D eigenvalue weighted by molar-refractivity contribution is 0.628. The molecule has 3 heteroatoms. The molecule has 0 unspecified atom stereocenters. The molecule has 18 heavy (non-hydrogen) atoms. The molecule has 0 aliphatic rings. The molecule has 0 bridgehead atoms. The zero-order valence-corrected chi connectivity index (χ0v) is 11.7. The molecule has 0 fully saturated rings. The number of hydrogen-bond donors (Lipinski definition) is 0. The third-order valence-corrected chi connectivity index (χ3v) is 3.41. The monoisotopic (exact) mass is 282 g/mol. The van der Waals surface area contributed by atoms with Crippen LogP contribution in [0.2, 0.25) is 10.0 Å². The van der Waals surface area contributed by atoms with Gasteiger partial charge in [-0.25, -0.2) is 4.39 Å². The van der Waals surface area contributed by atoms with E-state index in [1.807, 2.05) is 24.3 Å². The molecule has 94 valence electrons. The van der Waals surface area contributed by atoms with Crippen molar-refractivity contribution in [2.75, 3.05) is 0 Å². The highest BCUT2D eigenvalue weighted by Gasteiger charge is 2.11. The first-order valence-corrected chi connectivity index (χ1v) is 6.49. The SMILES string of the molecule is CC(C)c1ccc(Cl)cc1-c1ccc(Cl)c(F)c1. The average Bonchev–Trinajstić information content (AvgIpc) is 2.32. The second-order valence-electron chi connectivity index (χ2n) is 4.52. The van der Waals surface area contributed by atoms with Gasteiger partial charge in [-0.05, 0) is 46.9 Å². The van der Waals surface area contributed by atoms with E-state index in [9.17, 15) is 4.39 Å². The van der Waals surface area contributed by atoms with Crippen LogP contribution in [0.4, 0.5) is 4.39 Å². The van der Waals surface area contributed by atoms with Crippen LogP contribution in [-0.2, 0) is 0 Å². The summed E-state index contributed by atoms with van der Waals surface area (Å²) < 4.78 is 13.5. The quantitative estimate of drug-likeness (QED) is 0.641. The largest absolute Gasteiger partial charge is 0.205 e. The second kappa shape index (κ2) is 5.29. The highest BCUT2D eigenvalue weighted by molar-refractivity contribution is 6.31. The first-order valence-electron chi connectivity index (χ1n) is 5.74. The topological polar surface area (TPSA) is 0 Å². The van der Waals surface area contributed by atoms with Gasteiger partial charge < -0.3 is 0 Å². The fraction of sp³-hybridized carbons (Fsp3) is 0.200. The van der Waals surface area contributed by atoms with Gasteiger partial charge in [0.05, 0.1) is 5.02 Å². The Morgan fingerprint density at radius 1 is 1.00 bits per heavy atom. The molecule has 0 aliphatic carbocycles. The zero-order valence-electron chi connectivity index (χ0n) is 10.2. The van der Waals surface area contributed by atoms with Crippen LogP contribution in [0, 0.1) is 5.82 Å². The van der Waals surface area contributed by atoms with E-state index >= 15 is 0 Å². The Morgan fingerprint density at radius 2 is 1.72 bits per heavy atom. The third-order valence-electron chi connectivity index (χ3n) is 2.87. The van der Waals surface area contributed by atoms with E-state index < -0.39 is 5.82 Å². The van der Waals surface area contributed by atoms with E-state index in [2.05, 4.69) is 13.8 Å². The Balaban J connectivity index is 2.61. The van der Waals surface area contributed by atoms with E-state index in [-0.39, 0.29) is 5.02 Å². The highest BCUT2D eigenvalue weighted by Crippen LogP contribution is 2.33. The van der Waals surface area contributed by atoms with Gasteiger partial charge in [0.1, 0.15) is 5.82 Å². The van der Waals surface area contributed by atoms with Crippen LogP contribution in [-0.4, -0.2) is 0 Å². The summed E-state index contributed by atoms with van der Waals surface area (Å²) in [5.74, 6) is -0.0696. The Kier molecular flexibility index (Phi) is 3.94. The van der Waals surface area contributed by atoms with Gasteiger partial charge in [0, 0.05) is 5.02 Å². The second-order valence-corrected chi connectivity index (χ2v) is 5.36. The van der Waals surface area contributed by atoms with E-state index in [1.54, 1.807) is 6.07 Å². The van der Waals surface area contributed by atoms with Gasteiger partial charge in [-0.15, -0.1) is 0 Å². The predicted octanol–water partition coefficient (Wildman–Crippen LogP) is 5.92. The minimum Gasteiger partial charge on any atom is -0.205 e. The van der Waals surface area contributed by atoms with Gasteiger partial charge in [-0.1, -0.05) is 49.2 Å². The molecule has 0 nitrogen and oxygen atoms in total. The summed E-state index contributed by atoms with van der Waals surface area (Å²) in [6, 6.07) is 10.5. The molecule has 0 spiro atoms. The summed E-state index contributed by atoms with van der Waals surface area (Å²) in [6.45, 7) is 4.19. The lowest BCUT2D eigenvalue weighted by atomic mass is 9.93. The Bertz CT molecular complexity index is 577. The molecule has 2 aromatic carbocycles. The molecule has 2 aromatic rings. The van der Waals surface area contributed by atoms with Crippen molar-refractivity contribution in [3.63, 3.8) is 0 Å². The van der Waals surface area contributed by atoms with Crippen LogP contribution in [0.5, 0.6) is 0 Å². The van der Waals surface area contributed by atoms with Gasteiger partial charge in [0.15, 0.2) is 0 Å². The summed E-state index contributed by atoms with van der Waals surface area (Å²) in [7, 11) is 0. The molecular weight excluding hydrogens is 270 g/mol.